The van der Waals surface area contributed by atoms with Crippen LogP contribution in [0.2, 0.25) is 0 Å². The van der Waals surface area contributed by atoms with Crippen LogP contribution in [0.25, 0.3) is 0 Å². The molecule has 1 rings (SSSR count). The van der Waals surface area contributed by atoms with E-state index in [2.05, 4.69) is 4.98 Å². The molecule has 3 N–H and O–H groups in total. The first-order chi connectivity index (χ1) is 5.15. The lowest BCUT2D eigenvalue weighted by atomic mass is 10.4. The monoisotopic (exact) mass is 156 g/mol. The zero-order valence-corrected chi connectivity index (χ0v) is 6.00. The predicted molar refractivity (Wildman–Crippen MR) is 36.1 cm³/mol. The lowest BCUT2D eigenvalue weighted by Gasteiger charge is -1.86. The molecule has 11 heavy (non-hydrogen) atoms. The van der Waals surface area contributed by atoms with Crippen LogP contribution in [0.4, 0.5) is 0 Å². The van der Waals surface area contributed by atoms with Crippen molar-refractivity contribution in [3.63, 3.8) is 0 Å². The van der Waals surface area contributed by atoms with E-state index in [0.29, 0.717) is 11.5 Å². The van der Waals surface area contributed by atoms with Crippen molar-refractivity contribution in [3.8, 4) is 0 Å². The molecule has 0 unspecified atom stereocenters. The normalized spacial score (nSPS) is 10.0. The van der Waals surface area contributed by atoms with Gasteiger partial charge in [-0.05, 0) is 6.92 Å². The number of aromatic nitrogens is 1. The largest absolute Gasteiger partial charge is 0.474 e. The highest BCUT2D eigenvalue weighted by Crippen LogP contribution is 2.08. The Labute approximate surface area is 62.8 Å². The molecule has 0 aliphatic carbocycles. The van der Waals surface area contributed by atoms with E-state index in [1.807, 2.05) is 0 Å². The van der Waals surface area contributed by atoms with Crippen LogP contribution < -0.4 is 5.73 Å². The molecule has 0 aliphatic rings. The smallest absolute Gasteiger partial charge is 0.392 e. The zero-order valence-electron chi connectivity index (χ0n) is 6.00. The fraction of sp³-hybridized carbons (Fsp3) is 0.333. The minimum Gasteiger partial charge on any atom is -0.474 e. The van der Waals surface area contributed by atoms with E-state index in [0.717, 1.165) is 0 Å². The van der Waals surface area contributed by atoms with Crippen molar-refractivity contribution in [2.45, 2.75) is 13.5 Å². The summed E-state index contributed by atoms with van der Waals surface area (Å²) in [6.07, 6.45) is 0. The summed E-state index contributed by atoms with van der Waals surface area (Å²) in [6, 6.07) is 0. The van der Waals surface area contributed by atoms with Crippen LogP contribution in [0.3, 0.4) is 0 Å². The van der Waals surface area contributed by atoms with Gasteiger partial charge in [0.1, 0.15) is 5.76 Å². The van der Waals surface area contributed by atoms with Crippen molar-refractivity contribution >= 4 is 5.97 Å². The van der Waals surface area contributed by atoms with E-state index >= 15 is 0 Å². The molecule has 0 atom stereocenters. The second kappa shape index (κ2) is 2.71. The first-order valence-electron chi connectivity index (χ1n) is 3.04. The third kappa shape index (κ3) is 1.38. The molecule has 0 bridgehead atoms. The summed E-state index contributed by atoms with van der Waals surface area (Å²) in [7, 11) is 0. The molecular weight excluding hydrogens is 148 g/mol. The first-order valence-corrected chi connectivity index (χ1v) is 3.04. The van der Waals surface area contributed by atoms with Gasteiger partial charge in [-0.15, -0.1) is 0 Å². The molecular formula is C6H8N2O3. The van der Waals surface area contributed by atoms with Crippen molar-refractivity contribution in [2.24, 2.45) is 5.73 Å². The van der Waals surface area contributed by atoms with Gasteiger partial charge in [-0.25, -0.2) is 9.78 Å². The van der Waals surface area contributed by atoms with Crippen molar-refractivity contribution in [1.29, 1.82) is 0 Å². The minimum absolute atomic E-state index is 0.173. The highest BCUT2D eigenvalue weighted by Gasteiger charge is 2.13. The van der Waals surface area contributed by atoms with Crippen LogP contribution in [-0.2, 0) is 6.54 Å². The van der Waals surface area contributed by atoms with Gasteiger partial charge in [0.15, 0.2) is 0 Å². The van der Waals surface area contributed by atoms with Crippen molar-refractivity contribution < 1.29 is 14.3 Å². The van der Waals surface area contributed by atoms with E-state index in [1.54, 1.807) is 6.92 Å². The highest BCUT2D eigenvalue weighted by molar-refractivity contribution is 5.82. The van der Waals surface area contributed by atoms with Crippen molar-refractivity contribution in [2.75, 3.05) is 0 Å². The molecule has 0 saturated carbocycles. The molecule has 1 heterocycles. The van der Waals surface area contributed by atoms with Gasteiger partial charge in [0.25, 0.3) is 0 Å². The van der Waals surface area contributed by atoms with Gasteiger partial charge in [0.2, 0.25) is 0 Å². The second-order valence-electron chi connectivity index (χ2n) is 2.04. The van der Waals surface area contributed by atoms with Crippen molar-refractivity contribution in [1.82, 2.24) is 4.98 Å². The van der Waals surface area contributed by atoms with E-state index in [-0.39, 0.29) is 12.4 Å². The van der Waals surface area contributed by atoms with E-state index in [1.165, 1.54) is 0 Å². The number of nitrogens with two attached hydrogens (primary N) is 1. The van der Waals surface area contributed by atoms with Gasteiger partial charge >= 0.3 is 11.9 Å². The predicted octanol–water partition coefficient (Wildman–Crippen LogP) is 0.140. The highest BCUT2D eigenvalue weighted by atomic mass is 16.4. The van der Waals surface area contributed by atoms with E-state index < -0.39 is 5.97 Å². The Bertz CT molecular complexity index is 279. The Balaban J connectivity index is 3.05. The van der Waals surface area contributed by atoms with Gasteiger partial charge in [0.05, 0.1) is 12.2 Å². The van der Waals surface area contributed by atoms with Gasteiger partial charge in [-0.3, -0.25) is 0 Å². The maximum absolute atomic E-state index is 10.3. The average Bonchev–Trinajstić information content (AvgIpc) is 2.31. The molecule has 1 aromatic heterocycles. The van der Waals surface area contributed by atoms with Crippen molar-refractivity contribution in [3.05, 3.63) is 17.3 Å². The summed E-state index contributed by atoms with van der Waals surface area (Å²) < 4.78 is 4.79. The number of hydrogen-bond acceptors (Lipinski definition) is 4. The number of rotatable bonds is 2. The fourth-order valence-electron chi connectivity index (χ4n) is 0.709. The Morgan fingerprint density at radius 2 is 2.45 bits per heavy atom. The Morgan fingerprint density at radius 1 is 1.82 bits per heavy atom. The molecule has 0 fully saturated rings. The molecule has 5 nitrogen and oxygen atoms in total. The second-order valence-corrected chi connectivity index (χ2v) is 2.04. The average molecular weight is 156 g/mol. The van der Waals surface area contributed by atoms with Crippen LogP contribution in [0, 0.1) is 6.92 Å². The Hall–Kier alpha value is -1.36. The summed E-state index contributed by atoms with van der Waals surface area (Å²) in [6.45, 7) is 1.82. The van der Waals surface area contributed by atoms with Crippen LogP contribution in [0.15, 0.2) is 4.42 Å². The van der Waals surface area contributed by atoms with Crippen LogP contribution in [-0.4, -0.2) is 16.1 Å². The molecule has 0 spiro atoms. The van der Waals surface area contributed by atoms with E-state index in [4.69, 9.17) is 15.3 Å². The van der Waals surface area contributed by atoms with Gasteiger partial charge in [0, 0.05) is 0 Å². The van der Waals surface area contributed by atoms with E-state index in [9.17, 15) is 4.79 Å². The molecule has 0 aromatic carbocycles. The third-order valence-electron chi connectivity index (χ3n) is 1.26. The molecule has 60 valence electrons. The first kappa shape index (κ1) is 7.74. The zero-order chi connectivity index (χ0) is 8.43. The lowest BCUT2D eigenvalue weighted by Crippen LogP contribution is -1.96. The number of aryl methyl sites for hydroxylation is 1. The molecule has 0 saturated heterocycles. The number of carboxylic acids is 1. The number of nitrogens with zero attached hydrogens (tertiary/aromatic N) is 1. The maximum atomic E-state index is 10.3. The minimum atomic E-state index is -1.17. The molecule has 0 radical (unpaired) electrons. The Morgan fingerprint density at radius 3 is 2.73 bits per heavy atom. The quantitative estimate of drug-likeness (QED) is 0.635. The van der Waals surface area contributed by atoms with Gasteiger partial charge in [-0.2, -0.15) is 0 Å². The Kier molecular flexibility index (Phi) is 1.91. The van der Waals surface area contributed by atoms with Crippen LogP contribution in [0.5, 0.6) is 0 Å². The van der Waals surface area contributed by atoms with Gasteiger partial charge < -0.3 is 15.3 Å². The third-order valence-corrected chi connectivity index (χ3v) is 1.26. The fourth-order valence-corrected chi connectivity index (χ4v) is 0.709. The summed E-state index contributed by atoms with van der Waals surface area (Å²) in [5.74, 6) is -1.06. The number of carbonyl (C=O) groups is 1. The topological polar surface area (TPSA) is 89.3 Å². The maximum Gasteiger partial charge on any atom is 0.392 e. The van der Waals surface area contributed by atoms with Crippen LogP contribution in [0.1, 0.15) is 22.1 Å². The van der Waals surface area contributed by atoms with Crippen LogP contribution >= 0.6 is 0 Å². The number of aromatic carboxylic acids is 1. The number of carboxylic acid groups (broad SMARTS) is 1. The number of oxazole rings is 1. The lowest BCUT2D eigenvalue weighted by molar-refractivity contribution is 0.0651. The molecule has 0 aliphatic heterocycles. The molecule has 5 heteroatoms. The number of hydrogen-bond donors (Lipinski definition) is 2. The summed E-state index contributed by atoms with van der Waals surface area (Å²) in [4.78, 5) is 13.9. The molecule has 1 aromatic rings. The molecule has 0 amide bonds. The summed E-state index contributed by atoms with van der Waals surface area (Å²) >= 11 is 0. The summed E-state index contributed by atoms with van der Waals surface area (Å²) in [5.41, 5.74) is 5.77. The summed E-state index contributed by atoms with van der Waals surface area (Å²) in [5, 5.41) is 8.42. The SMILES string of the molecule is Cc1nc(C(=O)O)oc1CN. The standard InChI is InChI=1S/C6H8N2O3/c1-3-4(2-7)11-5(8-3)6(9)10/h2,7H2,1H3,(H,9,10). The van der Waals surface area contributed by atoms with Gasteiger partial charge in [-0.1, -0.05) is 0 Å².